The maximum absolute atomic E-state index is 13.4. The van der Waals surface area contributed by atoms with Gasteiger partial charge in [0.05, 0.1) is 13.7 Å². The van der Waals surface area contributed by atoms with Gasteiger partial charge >= 0.3 is 0 Å². The zero-order valence-electron chi connectivity index (χ0n) is 15.1. The number of hydrogen-bond acceptors (Lipinski definition) is 6. The minimum atomic E-state index is -3.18. The summed E-state index contributed by atoms with van der Waals surface area (Å²) in [6.45, 7) is 6.97. The number of hydrogen-bond donors (Lipinski definition) is 1. The van der Waals surface area contributed by atoms with Gasteiger partial charge in [0.2, 0.25) is 6.03 Å². The van der Waals surface area contributed by atoms with Crippen molar-refractivity contribution in [2.24, 2.45) is 5.73 Å². The summed E-state index contributed by atoms with van der Waals surface area (Å²) in [5.41, 5.74) is 6.93. The van der Waals surface area contributed by atoms with E-state index in [4.69, 9.17) is 24.5 Å². The topological polar surface area (TPSA) is 80.0 Å². The van der Waals surface area contributed by atoms with E-state index in [-0.39, 0.29) is 12.1 Å². The third-order valence-electron chi connectivity index (χ3n) is 3.63. The predicted octanol–water partition coefficient (Wildman–Crippen LogP) is 3.41. The molecule has 2 unspecified atom stereocenters. The van der Waals surface area contributed by atoms with E-state index in [1.165, 1.54) is 0 Å². The van der Waals surface area contributed by atoms with Gasteiger partial charge in [-0.3, -0.25) is 4.57 Å². The second-order valence-electron chi connectivity index (χ2n) is 5.25. The molecule has 0 amide bonds. The minimum absolute atomic E-state index is 0.114. The van der Waals surface area contributed by atoms with Crippen LogP contribution >= 0.6 is 7.37 Å². The van der Waals surface area contributed by atoms with E-state index in [1.807, 2.05) is 45.0 Å². The van der Waals surface area contributed by atoms with Crippen molar-refractivity contribution in [3.63, 3.8) is 0 Å². The summed E-state index contributed by atoms with van der Waals surface area (Å²) in [6, 6.07) is 6.74. The van der Waals surface area contributed by atoms with Gasteiger partial charge in [0.25, 0.3) is 7.37 Å². The molecule has 0 aromatic heterocycles. The SMILES string of the molecule is CCOC(OCC)P(=O)(CC(CN)c1ccc(OC)cc1)OCC. The van der Waals surface area contributed by atoms with Crippen LogP contribution in [0.15, 0.2) is 24.3 Å². The highest BCUT2D eigenvalue weighted by molar-refractivity contribution is 7.59. The fraction of sp³-hybridized carbons (Fsp3) is 0.647. The van der Waals surface area contributed by atoms with E-state index in [1.54, 1.807) is 7.11 Å². The molecule has 0 aliphatic carbocycles. The molecule has 0 saturated carbocycles. The zero-order chi connectivity index (χ0) is 18.0. The van der Waals surface area contributed by atoms with Crippen LogP contribution in [-0.4, -0.2) is 45.7 Å². The van der Waals surface area contributed by atoms with E-state index < -0.39 is 13.4 Å². The van der Waals surface area contributed by atoms with E-state index in [0.29, 0.717) is 26.4 Å². The molecule has 0 aliphatic rings. The van der Waals surface area contributed by atoms with Crippen molar-refractivity contribution >= 4 is 7.37 Å². The zero-order valence-corrected chi connectivity index (χ0v) is 16.0. The number of ether oxygens (including phenoxy) is 3. The molecule has 6 nitrogen and oxygen atoms in total. The van der Waals surface area contributed by atoms with Crippen molar-refractivity contribution in [1.82, 2.24) is 0 Å². The number of nitrogens with two attached hydrogens (primary N) is 1. The Morgan fingerprint density at radius 2 is 1.62 bits per heavy atom. The Bertz CT molecular complexity index is 502. The molecule has 2 N–H and O–H groups in total. The molecule has 0 fully saturated rings. The van der Waals surface area contributed by atoms with Crippen LogP contribution in [0.5, 0.6) is 5.75 Å². The van der Waals surface area contributed by atoms with Crippen molar-refractivity contribution in [2.45, 2.75) is 32.7 Å². The molecule has 1 aromatic carbocycles. The van der Waals surface area contributed by atoms with Gasteiger partial charge in [0.1, 0.15) is 5.75 Å². The fourth-order valence-corrected chi connectivity index (χ4v) is 5.04. The molecule has 24 heavy (non-hydrogen) atoms. The van der Waals surface area contributed by atoms with Gasteiger partial charge in [-0.15, -0.1) is 0 Å². The van der Waals surface area contributed by atoms with Gasteiger partial charge in [0, 0.05) is 25.3 Å². The van der Waals surface area contributed by atoms with Crippen molar-refractivity contribution in [3.05, 3.63) is 29.8 Å². The first-order valence-electron chi connectivity index (χ1n) is 8.35. The number of benzene rings is 1. The Morgan fingerprint density at radius 3 is 2.04 bits per heavy atom. The first-order chi connectivity index (χ1) is 11.5. The molecule has 0 heterocycles. The lowest BCUT2D eigenvalue weighted by Gasteiger charge is -2.29. The summed E-state index contributed by atoms with van der Waals surface area (Å²) in [4.78, 5) is 0. The van der Waals surface area contributed by atoms with Gasteiger partial charge in [-0.2, -0.15) is 0 Å². The standard InChI is InChI=1S/C17H30NO5P/c1-5-21-17(22-6-2)24(19,23-7-3)13-15(12-18)14-8-10-16(20-4)11-9-14/h8-11,15,17H,5-7,12-13,18H2,1-4H3. The van der Waals surface area contributed by atoms with Crippen LogP contribution in [0.3, 0.4) is 0 Å². The van der Waals surface area contributed by atoms with Crippen LogP contribution in [0, 0.1) is 0 Å². The van der Waals surface area contributed by atoms with E-state index >= 15 is 0 Å². The highest BCUT2D eigenvalue weighted by atomic mass is 31.2. The van der Waals surface area contributed by atoms with Crippen LogP contribution in [-0.2, 0) is 18.6 Å². The maximum Gasteiger partial charge on any atom is 0.258 e. The normalized spacial score (nSPS) is 15.2. The summed E-state index contributed by atoms with van der Waals surface area (Å²) in [5.74, 6) is 0.653. The summed E-state index contributed by atoms with van der Waals surface area (Å²) < 4.78 is 35.3. The van der Waals surface area contributed by atoms with Crippen molar-refractivity contribution < 1.29 is 23.3 Å². The molecule has 0 spiro atoms. The van der Waals surface area contributed by atoms with Gasteiger partial charge in [-0.05, 0) is 45.0 Å². The van der Waals surface area contributed by atoms with Crippen LogP contribution in [0.2, 0.25) is 0 Å². The third-order valence-corrected chi connectivity index (χ3v) is 6.22. The second kappa shape index (κ2) is 10.9. The Kier molecular flexibility index (Phi) is 9.56. The Morgan fingerprint density at radius 1 is 1.04 bits per heavy atom. The molecule has 1 aromatic rings. The van der Waals surface area contributed by atoms with Gasteiger partial charge in [-0.1, -0.05) is 12.1 Å². The van der Waals surface area contributed by atoms with Crippen molar-refractivity contribution in [1.29, 1.82) is 0 Å². The summed E-state index contributed by atoms with van der Waals surface area (Å²) >= 11 is 0. The van der Waals surface area contributed by atoms with Gasteiger partial charge in [-0.25, -0.2) is 0 Å². The highest BCUT2D eigenvalue weighted by Crippen LogP contribution is 2.55. The monoisotopic (exact) mass is 359 g/mol. The lowest BCUT2D eigenvalue weighted by Crippen LogP contribution is -2.25. The summed E-state index contributed by atoms with van der Waals surface area (Å²) in [6.07, 6.45) is 0.272. The average molecular weight is 359 g/mol. The Labute approximate surface area is 145 Å². The largest absolute Gasteiger partial charge is 0.497 e. The predicted molar refractivity (Wildman–Crippen MR) is 95.9 cm³/mol. The molecule has 0 bridgehead atoms. The van der Waals surface area contributed by atoms with Gasteiger partial charge in [0.15, 0.2) is 0 Å². The fourth-order valence-electron chi connectivity index (χ4n) is 2.48. The minimum Gasteiger partial charge on any atom is -0.497 e. The van der Waals surface area contributed by atoms with Crippen LogP contribution in [0.25, 0.3) is 0 Å². The highest BCUT2D eigenvalue weighted by Gasteiger charge is 2.38. The maximum atomic E-state index is 13.4. The number of methoxy groups -OCH3 is 1. The van der Waals surface area contributed by atoms with Crippen molar-refractivity contribution in [3.8, 4) is 5.75 Å². The molecule has 0 aliphatic heterocycles. The first-order valence-corrected chi connectivity index (χ1v) is 10.2. The molecule has 0 radical (unpaired) electrons. The molecular formula is C17H30NO5P. The van der Waals surface area contributed by atoms with Crippen LogP contribution in [0.1, 0.15) is 32.3 Å². The molecular weight excluding hydrogens is 329 g/mol. The lowest BCUT2D eigenvalue weighted by atomic mass is 10.0. The van der Waals surface area contributed by atoms with E-state index in [9.17, 15) is 4.57 Å². The summed E-state index contributed by atoms with van der Waals surface area (Å²) in [5, 5.41) is 0. The number of rotatable bonds is 12. The molecule has 138 valence electrons. The molecule has 1 rings (SSSR count). The van der Waals surface area contributed by atoms with Crippen LogP contribution < -0.4 is 10.5 Å². The molecule has 7 heteroatoms. The second-order valence-corrected chi connectivity index (χ2v) is 7.75. The van der Waals surface area contributed by atoms with Crippen molar-refractivity contribution in [2.75, 3.05) is 39.6 Å². The first kappa shape index (κ1) is 21.1. The lowest BCUT2D eigenvalue weighted by molar-refractivity contribution is -0.0889. The Hall–Kier alpha value is -0.910. The Balaban J connectivity index is 3.02. The summed E-state index contributed by atoms with van der Waals surface area (Å²) in [7, 11) is -1.56. The quantitative estimate of drug-likeness (QED) is 0.455. The van der Waals surface area contributed by atoms with Gasteiger partial charge < -0.3 is 24.5 Å². The average Bonchev–Trinajstić information content (AvgIpc) is 2.60. The van der Waals surface area contributed by atoms with Crippen LogP contribution in [0.4, 0.5) is 0 Å². The third kappa shape index (κ3) is 5.87. The smallest absolute Gasteiger partial charge is 0.258 e. The molecule has 2 atom stereocenters. The van der Waals surface area contributed by atoms with E-state index in [0.717, 1.165) is 11.3 Å². The van der Waals surface area contributed by atoms with E-state index in [2.05, 4.69) is 0 Å². The molecule has 0 saturated heterocycles.